The second-order valence-electron chi connectivity index (χ2n) is 19.0. The third kappa shape index (κ3) is 19.9. The van der Waals surface area contributed by atoms with Crippen LogP contribution in [0.1, 0.15) is 181 Å². The molecule has 1 aromatic heterocycles. The number of alkyl carbamates (subject to hydrolysis) is 1. The van der Waals surface area contributed by atoms with Crippen LogP contribution in [0.3, 0.4) is 0 Å². The standard InChI is InChI=1S/C48H79N5O6S/c1-36-42(60-35-51-36)38-29-27-37(28-30-38)33-50-44(56)40-32-39(54)34-53(40)45(57)43(47(2,3)4)52-41(55)26-24-22-20-18-16-14-12-10-8-9-11-13-15-17-19-21-23-25-31-49-46(58)59-48(5,6)7/h27-30,35,39-40,43,54H,8-26,31-34H2,1-7H3,(H,49,58)(H,50,56)(H,52,55). The summed E-state index contributed by atoms with van der Waals surface area (Å²) in [7, 11) is 0. The number of likely N-dealkylation sites (tertiary alicyclic amines) is 1. The van der Waals surface area contributed by atoms with Crippen LogP contribution in [-0.4, -0.2) is 75.7 Å². The summed E-state index contributed by atoms with van der Waals surface area (Å²) in [5.74, 6) is -0.791. The third-order valence-electron chi connectivity index (χ3n) is 11.2. The predicted octanol–water partition coefficient (Wildman–Crippen LogP) is 10.2. The van der Waals surface area contributed by atoms with Gasteiger partial charge in [-0.25, -0.2) is 9.78 Å². The number of thiazole rings is 1. The number of β-amino-alcohol motifs (C(OH)–C–C–N with tert-alkyl or cyclic N) is 1. The number of aromatic nitrogens is 1. The first-order valence-corrected chi connectivity index (χ1v) is 23.9. The van der Waals surface area contributed by atoms with Gasteiger partial charge < -0.3 is 30.7 Å². The Morgan fingerprint density at radius 3 is 1.78 bits per heavy atom. The van der Waals surface area contributed by atoms with Gasteiger partial charge in [0, 0.05) is 32.5 Å². The number of hydrogen-bond donors (Lipinski definition) is 4. The zero-order valence-corrected chi connectivity index (χ0v) is 39.0. The number of hydrogen-bond acceptors (Lipinski definition) is 8. The van der Waals surface area contributed by atoms with E-state index in [0.29, 0.717) is 19.5 Å². The topological polar surface area (TPSA) is 150 Å². The fourth-order valence-electron chi connectivity index (χ4n) is 7.76. The Kier molecular flexibility index (Phi) is 22.7. The number of rotatable bonds is 27. The van der Waals surface area contributed by atoms with E-state index in [2.05, 4.69) is 20.9 Å². The van der Waals surface area contributed by atoms with Gasteiger partial charge in [0.25, 0.3) is 0 Å². The summed E-state index contributed by atoms with van der Waals surface area (Å²) in [6.07, 6.45) is 21.2. The molecule has 11 nitrogen and oxygen atoms in total. The summed E-state index contributed by atoms with van der Waals surface area (Å²) in [4.78, 5) is 59.0. The first-order chi connectivity index (χ1) is 28.5. The molecule has 4 N–H and O–H groups in total. The van der Waals surface area contributed by atoms with Crippen LogP contribution in [-0.2, 0) is 25.7 Å². The summed E-state index contributed by atoms with van der Waals surface area (Å²) >= 11 is 1.59. The van der Waals surface area contributed by atoms with E-state index in [1.54, 1.807) is 11.3 Å². The summed E-state index contributed by atoms with van der Waals surface area (Å²) < 4.78 is 5.26. The second-order valence-corrected chi connectivity index (χ2v) is 19.8. The van der Waals surface area contributed by atoms with E-state index in [1.807, 2.05) is 78.2 Å². The van der Waals surface area contributed by atoms with E-state index in [-0.39, 0.29) is 36.8 Å². The van der Waals surface area contributed by atoms with E-state index < -0.39 is 29.2 Å². The minimum absolute atomic E-state index is 0.0599. The van der Waals surface area contributed by atoms with Crippen LogP contribution in [0.2, 0.25) is 0 Å². The van der Waals surface area contributed by atoms with Gasteiger partial charge in [-0.05, 0) is 57.1 Å². The van der Waals surface area contributed by atoms with Crippen molar-refractivity contribution in [3.05, 3.63) is 41.0 Å². The summed E-state index contributed by atoms with van der Waals surface area (Å²) in [6, 6.07) is 6.37. The van der Waals surface area contributed by atoms with Crippen molar-refractivity contribution < 1.29 is 29.0 Å². The molecule has 12 heteroatoms. The molecular formula is C48H79N5O6S. The van der Waals surface area contributed by atoms with Crippen molar-refractivity contribution in [2.24, 2.45) is 5.41 Å². The van der Waals surface area contributed by atoms with Gasteiger partial charge in [-0.2, -0.15) is 0 Å². The van der Waals surface area contributed by atoms with Gasteiger partial charge in [-0.1, -0.05) is 148 Å². The second kappa shape index (κ2) is 26.7. The Bertz CT molecular complexity index is 1570. The summed E-state index contributed by atoms with van der Waals surface area (Å²) in [5.41, 5.74) is 3.80. The fourth-order valence-corrected chi connectivity index (χ4v) is 8.57. The quantitative estimate of drug-likeness (QED) is 0.0654. The highest BCUT2D eigenvalue weighted by atomic mass is 32.1. The monoisotopic (exact) mass is 854 g/mol. The van der Waals surface area contributed by atoms with Crippen LogP contribution in [0.25, 0.3) is 10.4 Å². The molecule has 1 saturated heterocycles. The van der Waals surface area contributed by atoms with E-state index in [1.165, 1.54) is 88.4 Å². The molecule has 338 valence electrons. The maximum Gasteiger partial charge on any atom is 0.407 e. The van der Waals surface area contributed by atoms with Crippen LogP contribution < -0.4 is 16.0 Å². The minimum Gasteiger partial charge on any atom is -0.444 e. The average Bonchev–Trinajstić information content (AvgIpc) is 3.80. The van der Waals surface area contributed by atoms with E-state index in [4.69, 9.17) is 4.74 Å². The lowest BCUT2D eigenvalue weighted by atomic mass is 9.85. The molecule has 60 heavy (non-hydrogen) atoms. The molecule has 2 heterocycles. The number of nitrogens with one attached hydrogen (secondary N) is 3. The molecule has 1 aromatic carbocycles. The van der Waals surface area contributed by atoms with Crippen LogP contribution in [0.5, 0.6) is 0 Å². The Labute approximate surface area is 366 Å². The minimum atomic E-state index is -0.808. The highest BCUT2D eigenvalue weighted by Gasteiger charge is 2.44. The van der Waals surface area contributed by atoms with Crippen molar-refractivity contribution in [3.8, 4) is 10.4 Å². The van der Waals surface area contributed by atoms with E-state index >= 15 is 0 Å². The molecule has 3 atom stereocenters. The van der Waals surface area contributed by atoms with Crippen LogP contribution in [0, 0.1) is 12.3 Å². The van der Waals surface area contributed by atoms with Crippen molar-refractivity contribution in [2.75, 3.05) is 13.1 Å². The first-order valence-electron chi connectivity index (χ1n) is 23.1. The van der Waals surface area contributed by atoms with Crippen molar-refractivity contribution in [1.29, 1.82) is 0 Å². The van der Waals surface area contributed by atoms with Crippen LogP contribution in [0.4, 0.5) is 4.79 Å². The number of unbranched alkanes of at least 4 members (excludes halogenated alkanes) is 17. The van der Waals surface area contributed by atoms with E-state index in [0.717, 1.165) is 53.8 Å². The smallest absolute Gasteiger partial charge is 0.407 e. The molecule has 1 fully saturated rings. The van der Waals surface area contributed by atoms with Gasteiger partial charge in [0.1, 0.15) is 17.7 Å². The van der Waals surface area contributed by atoms with Gasteiger partial charge in [0.05, 0.1) is 22.2 Å². The molecule has 3 rings (SSSR count). The van der Waals surface area contributed by atoms with Gasteiger partial charge in [-0.3, -0.25) is 14.4 Å². The fraction of sp³-hybridized carbons (Fsp3) is 0.729. The lowest BCUT2D eigenvalue weighted by Gasteiger charge is -2.35. The number of carbonyl (C=O) groups excluding carboxylic acids is 4. The van der Waals surface area contributed by atoms with Gasteiger partial charge >= 0.3 is 6.09 Å². The zero-order valence-electron chi connectivity index (χ0n) is 38.2. The molecule has 1 aliphatic rings. The molecule has 2 aromatic rings. The SMILES string of the molecule is Cc1ncsc1-c1ccc(CNC(=O)C2CC(O)CN2C(=O)C(NC(=O)CCCCCCCCCCCCCCCCCCCCNC(=O)OC(C)(C)C)C(C)(C)C)cc1. The molecular weight excluding hydrogens is 775 g/mol. The van der Waals surface area contributed by atoms with Crippen molar-refractivity contribution in [1.82, 2.24) is 25.8 Å². The van der Waals surface area contributed by atoms with E-state index in [9.17, 15) is 24.3 Å². The molecule has 0 radical (unpaired) electrons. The number of aryl methyl sites for hydroxylation is 1. The largest absolute Gasteiger partial charge is 0.444 e. The lowest BCUT2D eigenvalue weighted by Crippen LogP contribution is -2.57. The van der Waals surface area contributed by atoms with Gasteiger partial charge in [0.2, 0.25) is 17.7 Å². The number of ether oxygens (including phenoxy) is 1. The Balaban J connectivity index is 1.21. The lowest BCUT2D eigenvalue weighted by molar-refractivity contribution is -0.144. The number of amides is 4. The number of aliphatic hydroxyl groups is 1. The first kappa shape index (κ1) is 50.8. The molecule has 4 amide bonds. The molecule has 0 aliphatic carbocycles. The number of carbonyl (C=O) groups is 4. The Morgan fingerprint density at radius 1 is 0.783 bits per heavy atom. The number of nitrogens with zero attached hydrogens (tertiary/aromatic N) is 2. The zero-order chi connectivity index (χ0) is 44.0. The van der Waals surface area contributed by atoms with Crippen molar-refractivity contribution in [3.63, 3.8) is 0 Å². The maximum absolute atomic E-state index is 13.9. The highest BCUT2D eigenvalue weighted by molar-refractivity contribution is 7.13. The maximum atomic E-state index is 13.9. The van der Waals surface area contributed by atoms with Gasteiger partial charge in [0.15, 0.2) is 0 Å². The normalized spacial score (nSPS) is 16.1. The van der Waals surface area contributed by atoms with Crippen LogP contribution >= 0.6 is 11.3 Å². The molecule has 1 aliphatic heterocycles. The van der Waals surface area contributed by atoms with Crippen molar-refractivity contribution in [2.45, 2.75) is 207 Å². The summed E-state index contributed by atoms with van der Waals surface area (Å²) in [6.45, 7) is 14.4. The molecule has 0 bridgehead atoms. The number of aliphatic hydroxyl groups excluding tert-OH is 1. The van der Waals surface area contributed by atoms with Gasteiger partial charge in [-0.15, -0.1) is 11.3 Å². The summed E-state index contributed by atoms with van der Waals surface area (Å²) in [5, 5.41) is 19.3. The Morgan fingerprint density at radius 2 is 1.30 bits per heavy atom. The number of benzene rings is 1. The van der Waals surface area contributed by atoms with Crippen LogP contribution in [0.15, 0.2) is 29.8 Å². The van der Waals surface area contributed by atoms with Crippen molar-refractivity contribution >= 4 is 35.2 Å². The third-order valence-corrected chi connectivity index (χ3v) is 12.2. The predicted molar refractivity (Wildman–Crippen MR) is 244 cm³/mol. The molecule has 0 spiro atoms. The molecule has 3 unspecified atom stereocenters. The molecule has 0 saturated carbocycles. The average molecular weight is 854 g/mol. The Hall–Kier alpha value is -3.51. The highest BCUT2D eigenvalue weighted by Crippen LogP contribution is 2.28.